The Hall–Kier alpha value is -3.28. The predicted molar refractivity (Wildman–Crippen MR) is 131 cm³/mol. The molecule has 1 atom stereocenters. The zero-order valence-electron chi connectivity index (χ0n) is 19.8. The summed E-state index contributed by atoms with van der Waals surface area (Å²) in [5.41, 5.74) is 1.38. The van der Waals surface area contributed by atoms with Gasteiger partial charge >= 0.3 is 0 Å². The second kappa shape index (κ2) is 9.53. The predicted octanol–water partition coefficient (Wildman–Crippen LogP) is 5.39. The lowest BCUT2D eigenvalue weighted by Gasteiger charge is -2.45. The molecule has 1 aliphatic heterocycles. The molecule has 1 N–H and O–H groups in total. The summed E-state index contributed by atoms with van der Waals surface area (Å²) in [4.78, 5) is 29.5. The Bertz CT molecular complexity index is 1130. The first-order chi connectivity index (χ1) is 16.6. The number of furan rings is 1. The van der Waals surface area contributed by atoms with E-state index in [-0.39, 0.29) is 17.9 Å². The molecule has 0 spiro atoms. The second-order valence-electron chi connectivity index (χ2n) is 9.83. The number of hydrogen-bond acceptors (Lipinski definition) is 3. The summed E-state index contributed by atoms with van der Waals surface area (Å²) < 4.78 is 7.58. The van der Waals surface area contributed by atoms with Crippen molar-refractivity contribution >= 4 is 11.8 Å². The summed E-state index contributed by atoms with van der Waals surface area (Å²) in [7, 11) is 0. The summed E-state index contributed by atoms with van der Waals surface area (Å²) in [6.45, 7) is 2.67. The maximum absolute atomic E-state index is 13.9. The second-order valence-corrected chi connectivity index (χ2v) is 9.83. The molecule has 34 heavy (non-hydrogen) atoms. The lowest BCUT2D eigenvalue weighted by Crippen LogP contribution is -2.64. The third-order valence-corrected chi connectivity index (χ3v) is 7.39. The van der Waals surface area contributed by atoms with Gasteiger partial charge in [-0.15, -0.1) is 0 Å². The quantitative estimate of drug-likeness (QED) is 0.556. The number of aromatic nitrogens is 1. The zero-order chi connectivity index (χ0) is 23.5. The Labute approximate surface area is 200 Å². The third-order valence-electron chi connectivity index (χ3n) is 7.39. The van der Waals surface area contributed by atoms with Crippen LogP contribution in [0.4, 0.5) is 0 Å². The van der Waals surface area contributed by atoms with Gasteiger partial charge in [0.1, 0.15) is 17.0 Å². The highest BCUT2D eigenvalue weighted by Crippen LogP contribution is 2.34. The van der Waals surface area contributed by atoms with Crippen LogP contribution in [0.25, 0.3) is 11.5 Å². The van der Waals surface area contributed by atoms with Gasteiger partial charge in [0.2, 0.25) is 5.91 Å². The molecule has 0 radical (unpaired) electrons. The van der Waals surface area contributed by atoms with Gasteiger partial charge in [0.25, 0.3) is 5.91 Å². The average Bonchev–Trinajstić information content (AvgIpc) is 3.49. The van der Waals surface area contributed by atoms with Crippen molar-refractivity contribution in [3.05, 3.63) is 72.1 Å². The van der Waals surface area contributed by atoms with Crippen LogP contribution in [0.1, 0.15) is 67.9 Å². The van der Waals surface area contributed by atoms with E-state index in [4.69, 9.17) is 4.42 Å². The van der Waals surface area contributed by atoms with Crippen LogP contribution in [0.15, 0.2) is 65.3 Å². The zero-order valence-corrected chi connectivity index (χ0v) is 19.8. The molecule has 1 aromatic carbocycles. The summed E-state index contributed by atoms with van der Waals surface area (Å²) in [6.07, 6.45) is 9.63. The molecule has 1 aliphatic carbocycles. The smallest absolute Gasteiger partial charge is 0.271 e. The number of amides is 2. The van der Waals surface area contributed by atoms with Crippen molar-refractivity contribution in [3.8, 4) is 11.5 Å². The molecule has 1 fully saturated rings. The van der Waals surface area contributed by atoms with Gasteiger partial charge in [-0.25, -0.2) is 0 Å². The van der Waals surface area contributed by atoms with Gasteiger partial charge in [0, 0.05) is 12.6 Å². The highest BCUT2D eigenvalue weighted by molar-refractivity contribution is 6.00. The number of nitrogens with zero attached hydrogens (tertiary/aromatic N) is 2. The molecule has 3 aromatic rings. The van der Waals surface area contributed by atoms with E-state index in [1.807, 2.05) is 66.1 Å². The lowest BCUT2D eigenvalue weighted by atomic mass is 9.91. The summed E-state index contributed by atoms with van der Waals surface area (Å²) in [5, 5.41) is 3.34. The van der Waals surface area contributed by atoms with Crippen LogP contribution in [-0.2, 0) is 17.9 Å². The number of benzene rings is 1. The molecule has 0 bridgehead atoms. The monoisotopic (exact) mass is 459 g/mol. The van der Waals surface area contributed by atoms with E-state index >= 15 is 0 Å². The fraction of sp³-hybridized carbons (Fsp3) is 0.429. The van der Waals surface area contributed by atoms with E-state index in [9.17, 15) is 9.59 Å². The first-order valence-electron chi connectivity index (χ1n) is 12.5. The molecule has 1 saturated carbocycles. The molecular formula is C28H33N3O3. The first-order valence-corrected chi connectivity index (χ1v) is 12.5. The SMILES string of the molecule is CC1(C(=O)NC2CCCCCCC2)Cn2c(ccc2-c2ccco2)C(=O)N1Cc1ccccc1. The Kier molecular flexibility index (Phi) is 6.31. The van der Waals surface area contributed by atoms with Crippen molar-refractivity contribution in [1.82, 2.24) is 14.8 Å². The highest BCUT2D eigenvalue weighted by atomic mass is 16.3. The van der Waals surface area contributed by atoms with Gasteiger partial charge < -0.3 is 19.2 Å². The van der Waals surface area contributed by atoms with Crippen LogP contribution in [0.5, 0.6) is 0 Å². The van der Waals surface area contributed by atoms with Crippen molar-refractivity contribution in [2.45, 2.75) is 76.5 Å². The molecule has 6 nitrogen and oxygen atoms in total. The third kappa shape index (κ3) is 4.29. The fourth-order valence-corrected chi connectivity index (χ4v) is 5.37. The van der Waals surface area contributed by atoms with Gasteiger partial charge in [0.15, 0.2) is 0 Å². The van der Waals surface area contributed by atoms with Crippen LogP contribution in [0, 0.1) is 0 Å². The highest BCUT2D eigenvalue weighted by Gasteiger charge is 2.48. The van der Waals surface area contributed by atoms with E-state index in [1.165, 1.54) is 19.3 Å². The van der Waals surface area contributed by atoms with Crippen molar-refractivity contribution in [3.63, 3.8) is 0 Å². The van der Waals surface area contributed by atoms with Crippen LogP contribution >= 0.6 is 0 Å². The van der Waals surface area contributed by atoms with Crippen LogP contribution in [0.3, 0.4) is 0 Å². The Morgan fingerprint density at radius 3 is 2.38 bits per heavy atom. The minimum absolute atomic E-state index is 0.0768. The van der Waals surface area contributed by atoms with Gasteiger partial charge in [-0.2, -0.15) is 0 Å². The van der Waals surface area contributed by atoms with Crippen LogP contribution in [0.2, 0.25) is 0 Å². The van der Waals surface area contributed by atoms with E-state index < -0.39 is 5.54 Å². The molecule has 5 rings (SSSR count). The maximum Gasteiger partial charge on any atom is 0.271 e. The minimum Gasteiger partial charge on any atom is -0.463 e. The topological polar surface area (TPSA) is 67.5 Å². The maximum atomic E-state index is 13.9. The Balaban J connectivity index is 1.49. The number of rotatable bonds is 5. The van der Waals surface area contributed by atoms with E-state index in [0.29, 0.717) is 24.5 Å². The van der Waals surface area contributed by atoms with Gasteiger partial charge in [-0.3, -0.25) is 9.59 Å². The van der Waals surface area contributed by atoms with Crippen molar-refractivity contribution in [1.29, 1.82) is 0 Å². The van der Waals surface area contributed by atoms with Crippen molar-refractivity contribution in [2.24, 2.45) is 0 Å². The van der Waals surface area contributed by atoms with E-state index in [1.54, 1.807) is 11.2 Å². The van der Waals surface area contributed by atoms with Crippen LogP contribution in [-0.4, -0.2) is 32.9 Å². The summed E-state index contributed by atoms with van der Waals surface area (Å²) in [5.74, 6) is 0.480. The number of carbonyl (C=O) groups is 2. The molecule has 3 heterocycles. The lowest BCUT2D eigenvalue weighted by molar-refractivity contribution is -0.134. The average molecular weight is 460 g/mol. The first kappa shape index (κ1) is 22.5. The van der Waals surface area contributed by atoms with Crippen molar-refractivity contribution < 1.29 is 14.0 Å². The van der Waals surface area contributed by atoms with Crippen LogP contribution < -0.4 is 5.32 Å². The van der Waals surface area contributed by atoms with E-state index in [0.717, 1.165) is 36.9 Å². The Morgan fingerprint density at radius 2 is 1.68 bits per heavy atom. The fourth-order valence-electron chi connectivity index (χ4n) is 5.37. The van der Waals surface area contributed by atoms with Crippen molar-refractivity contribution in [2.75, 3.05) is 0 Å². The molecule has 6 heteroatoms. The molecule has 0 saturated heterocycles. The van der Waals surface area contributed by atoms with Gasteiger partial charge in [-0.1, -0.05) is 62.4 Å². The van der Waals surface area contributed by atoms with E-state index in [2.05, 4.69) is 5.32 Å². The molecule has 178 valence electrons. The standard InChI is InChI=1S/C28H33N3O3/c1-28(27(33)29-22-13-8-3-2-4-9-14-22)20-30-23(25-15-10-18-34-25)16-17-24(30)26(32)31(28)19-21-11-6-5-7-12-21/h5-7,10-12,15-18,22H,2-4,8-9,13-14,19-20H2,1H3,(H,29,33). The number of fused-ring (bicyclic) bond motifs is 1. The molecule has 1 unspecified atom stereocenters. The number of nitrogens with one attached hydrogen (secondary N) is 1. The molecule has 2 aliphatic rings. The molecule has 2 aromatic heterocycles. The molecular weight excluding hydrogens is 426 g/mol. The Morgan fingerprint density at radius 1 is 0.971 bits per heavy atom. The number of carbonyl (C=O) groups excluding carboxylic acids is 2. The van der Waals surface area contributed by atoms with Gasteiger partial charge in [0.05, 0.1) is 18.5 Å². The largest absolute Gasteiger partial charge is 0.463 e. The summed E-state index contributed by atoms with van der Waals surface area (Å²) >= 11 is 0. The van der Waals surface area contributed by atoms with Gasteiger partial charge in [-0.05, 0) is 49.6 Å². The normalized spacial score (nSPS) is 21.6. The minimum atomic E-state index is -1.03. The number of hydrogen-bond donors (Lipinski definition) is 1. The summed E-state index contributed by atoms with van der Waals surface area (Å²) in [6, 6.07) is 17.5. The molecule has 2 amide bonds.